The van der Waals surface area contributed by atoms with Crippen LogP contribution in [0.4, 0.5) is 9.59 Å². The number of carbonyl (C=O) groups is 2. The summed E-state index contributed by atoms with van der Waals surface area (Å²) < 4.78 is 5.26. The molecule has 274 valence electrons. The molecule has 0 radical (unpaired) electrons. The van der Waals surface area contributed by atoms with E-state index in [0.717, 1.165) is 74.8 Å². The van der Waals surface area contributed by atoms with Crippen LogP contribution in [0.5, 0.6) is 0 Å². The third-order valence-corrected chi connectivity index (χ3v) is 9.83. The van der Waals surface area contributed by atoms with Gasteiger partial charge in [-0.2, -0.15) is 0 Å². The van der Waals surface area contributed by atoms with Crippen molar-refractivity contribution in [2.24, 2.45) is 5.92 Å². The van der Waals surface area contributed by atoms with Crippen LogP contribution in [-0.4, -0.2) is 106 Å². The van der Waals surface area contributed by atoms with Crippen molar-refractivity contribution >= 4 is 23.7 Å². The molecule has 4 amide bonds. The molecule has 4 rings (SSSR count). The van der Waals surface area contributed by atoms with Crippen molar-refractivity contribution in [3.63, 3.8) is 0 Å². The van der Waals surface area contributed by atoms with E-state index in [9.17, 15) is 14.7 Å². The van der Waals surface area contributed by atoms with E-state index in [1.54, 1.807) is 7.11 Å². The monoisotopic (exact) mass is 700 g/mol. The molecule has 0 unspecified atom stereocenters. The van der Waals surface area contributed by atoms with Crippen molar-refractivity contribution in [1.29, 1.82) is 0 Å². The minimum atomic E-state index is -1.10. The van der Waals surface area contributed by atoms with Crippen LogP contribution in [0, 0.1) is 5.92 Å². The van der Waals surface area contributed by atoms with Crippen LogP contribution in [0.1, 0.15) is 70.8 Å². The van der Waals surface area contributed by atoms with Gasteiger partial charge in [0.2, 0.25) is 0 Å². The van der Waals surface area contributed by atoms with E-state index in [4.69, 9.17) is 16.3 Å². The van der Waals surface area contributed by atoms with Gasteiger partial charge in [-0.25, -0.2) is 9.59 Å². The molecule has 2 aromatic rings. The molecule has 10 nitrogen and oxygen atoms in total. The van der Waals surface area contributed by atoms with Crippen LogP contribution >= 0.6 is 11.6 Å². The van der Waals surface area contributed by atoms with Gasteiger partial charge in [-0.15, -0.1) is 0 Å². The average Bonchev–Trinajstić information content (AvgIpc) is 3.11. The van der Waals surface area contributed by atoms with Crippen LogP contribution < -0.4 is 21.3 Å². The Labute approximate surface area is 299 Å². The van der Waals surface area contributed by atoms with E-state index in [2.05, 4.69) is 21.3 Å². The molecular weight excluding hydrogens is 640 g/mol. The zero-order valence-corrected chi connectivity index (χ0v) is 31.2. The van der Waals surface area contributed by atoms with E-state index >= 15 is 0 Å². The third-order valence-electron chi connectivity index (χ3n) is 9.50. The summed E-state index contributed by atoms with van der Waals surface area (Å²) in [7, 11) is 5.47. The molecule has 2 aliphatic heterocycles. The molecule has 0 bridgehead atoms. The van der Waals surface area contributed by atoms with Gasteiger partial charge in [0, 0.05) is 81.6 Å². The second-order valence-electron chi connectivity index (χ2n) is 13.5. The molecule has 49 heavy (non-hydrogen) atoms. The number of urea groups is 2. The van der Waals surface area contributed by atoms with Crippen LogP contribution in [0.25, 0.3) is 11.1 Å². The summed E-state index contributed by atoms with van der Waals surface area (Å²) in [4.78, 5) is 28.4. The molecule has 2 heterocycles. The smallest absolute Gasteiger partial charge is 0.317 e. The van der Waals surface area contributed by atoms with Gasteiger partial charge in [-0.3, -0.25) is 0 Å². The molecular formula is C38H61ClN6O4. The Morgan fingerprint density at radius 1 is 0.857 bits per heavy atom. The van der Waals surface area contributed by atoms with Crippen molar-refractivity contribution in [3.05, 3.63) is 59.1 Å². The van der Waals surface area contributed by atoms with Gasteiger partial charge >= 0.3 is 12.1 Å². The Hall–Kier alpha value is -2.89. The number of nitrogens with one attached hydrogen (secondary N) is 4. The SMILES string of the molecule is CNC[C@H](C)NC(=O)N1CCCCC1.CNC[C@H](C)NC(=O)N1CCC[C@@H]([C@@](O)(CCCCOC)c2ccccc2-c2ccccc2Cl)C1. The highest BCUT2D eigenvalue weighted by molar-refractivity contribution is 6.33. The Balaban J connectivity index is 0.000000388. The molecule has 2 fully saturated rings. The predicted molar refractivity (Wildman–Crippen MR) is 200 cm³/mol. The number of unbranched alkanes of at least 4 members (excludes halogenated alkanes) is 1. The highest BCUT2D eigenvalue weighted by atomic mass is 35.5. The first-order valence-electron chi connectivity index (χ1n) is 18.1. The lowest BCUT2D eigenvalue weighted by Crippen LogP contribution is -2.53. The number of halogens is 1. The van der Waals surface area contributed by atoms with Gasteiger partial charge in [0.1, 0.15) is 0 Å². The Kier molecular flexibility index (Phi) is 17.7. The molecule has 0 aliphatic carbocycles. The minimum absolute atomic E-state index is 0.0294. The Bertz CT molecular complexity index is 1280. The Morgan fingerprint density at radius 3 is 2.04 bits per heavy atom. The van der Waals surface area contributed by atoms with Crippen LogP contribution in [0.2, 0.25) is 5.02 Å². The number of rotatable bonds is 14. The number of piperidine rings is 2. The first-order valence-corrected chi connectivity index (χ1v) is 18.5. The number of hydrogen-bond donors (Lipinski definition) is 5. The summed E-state index contributed by atoms with van der Waals surface area (Å²) in [5.74, 6) is -0.0900. The first-order chi connectivity index (χ1) is 23.6. The third kappa shape index (κ3) is 12.4. The van der Waals surface area contributed by atoms with Gasteiger partial charge in [0.15, 0.2) is 0 Å². The zero-order valence-electron chi connectivity index (χ0n) is 30.4. The molecule has 0 aromatic heterocycles. The molecule has 2 aliphatic rings. The molecule has 0 spiro atoms. The molecule has 2 aromatic carbocycles. The zero-order chi connectivity index (χ0) is 35.6. The fourth-order valence-electron chi connectivity index (χ4n) is 6.94. The van der Waals surface area contributed by atoms with Crippen molar-refractivity contribution in [2.75, 3.05) is 67.1 Å². The number of nitrogens with zero attached hydrogens (tertiary/aromatic N) is 2. The van der Waals surface area contributed by atoms with E-state index in [1.165, 1.54) is 6.42 Å². The topological polar surface area (TPSA) is 118 Å². The van der Waals surface area contributed by atoms with Gasteiger partial charge in [-0.05, 0) is 96.5 Å². The maximum Gasteiger partial charge on any atom is 0.317 e. The van der Waals surface area contributed by atoms with E-state index in [1.807, 2.05) is 86.3 Å². The summed E-state index contributed by atoms with van der Waals surface area (Å²) in [5, 5.41) is 25.3. The summed E-state index contributed by atoms with van der Waals surface area (Å²) in [5.41, 5.74) is 1.63. The molecule has 4 atom stereocenters. The van der Waals surface area contributed by atoms with Gasteiger partial charge in [0.05, 0.1) is 5.60 Å². The number of hydrogen-bond acceptors (Lipinski definition) is 6. The van der Waals surface area contributed by atoms with E-state index < -0.39 is 5.60 Å². The number of amides is 4. The van der Waals surface area contributed by atoms with Crippen molar-refractivity contribution in [2.45, 2.75) is 82.9 Å². The normalized spacial score (nSPS) is 18.8. The van der Waals surface area contributed by atoms with Crippen LogP contribution in [0.3, 0.4) is 0 Å². The lowest BCUT2D eigenvalue weighted by Gasteiger charge is -2.44. The number of likely N-dealkylation sites (N-methyl/N-ethyl adjacent to an activating group) is 2. The maximum absolute atomic E-state index is 13.0. The van der Waals surface area contributed by atoms with Gasteiger partial charge in [0.25, 0.3) is 0 Å². The quantitative estimate of drug-likeness (QED) is 0.158. The molecule has 2 saturated heterocycles. The number of aliphatic hydroxyl groups is 1. The number of carbonyl (C=O) groups excluding carboxylic acids is 2. The number of methoxy groups -OCH3 is 1. The van der Waals surface area contributed by atoms with Crippen molar-refractivity contribution < 1.29 is 19.4 Å². The average molecular weight is 701 g/mol. The van der Waals surface area contributed by atoms with Gasteiger partial charge in [-0.1, -0.05) is 54.1 Å². The van der Waals surface area contributed by atoms with Crippen molar-refractivity contribution in [3.8, 4) is 11.1 Å². The standard InChI is InChI=1S/C28H40ClN3O3.C10H21N3O/c1-21(19-30-2)31-27(33)32-17-10-11-22(20-32)28(34,16-8-9-18-35-3)25-14-6-4-12-23(25)24-13-5-7-15-26(24)29;1-9(8-11-2)12-10(14)13-6-4-3-5-7-13/h4-7,12-15,21-22,30,34H,8-11,16-20H2,1-3H3,(H,31,33);9,11H,3-8H2,1-2H3,(H,12,14)/t21-,22+,28-;9-/m00/s1. The van der Waals surface area contributed by atoms with Crippen LogP contribution in [0.15, 0.2) is 48.5 Å². The van der Waals surface area contributed by atoms with Crippen molar-refractivity contribution in [1.82, 2.24) is 31.1 Å². The number of likely N-dealkylation sites (tertiary alicyclic amines) is 2. The second-order valence-corrected chi connectivity index (χ2v) is 14.0. The largest absolute Gasteiger partial charge is 0.385 e. The number of benzene rings is 2. The summed E-state index contributed by atoms with van der Waals surface area (Å²) >= 11 is 6.59. The lowest BCUT2D eigenvalue weighted by molar-refractivity contribution is -0.0559. The highest BCUT2D eigenvalue weighted by Crippen LogP contribution is 2.44. The first kappa shape index (κ1) is 40.5. The second kappa shape index (κ2) is 21.4. The predicted octanol–water partition coefficient (Wildman–Crippen LogP) is 5.83. The molecule has 0 saturated carbocycles. The number of ether oxygens (including phenoxy) is 1. The fourth-order valence-corrected chi connectivity index (χ4v) is 7.18. The lowest BCUT2D eigenvalue weighted by atomic mass is 9.72. The Morgan fingerprint density at radius 2 is 1.43 bits per heavy atom. The van der Waals surface area contributed by atoms with Crippen LogP contribution in [-0.2, 0) is 10.3 Å². The minimum Gasteiger partial charge on any atom is -0.385 e. The summed E-state index contributed by atoms with van der Waals surface area (Å²) in [6.45, 7) is 9.22. The molecule has 5 N–H and O–H groups in total. The fraction of sp³-hybridized carbons (Fsp3) is 0.632. The maximum atomic E-state index is 13.0. The summed E-state index contributed by atoms with van der Waals surface area (Å²) in [6.07, 6.45) is 7.54. The summed E-state index contributed by atoms with van der Waals surface area (Å²) in [6, 6.07) is 16.0. The highest BCUT2D eigenvalue weighted by Gasteiger charge is 2.42. The van der Waals surface area contributed by atoms with E-state index in [-0.39, 0.29) is 30.1 Å². The van der Waals surface area contributed by atoms with E-state index in [0.29, 0.717) is 37.7 Å². The molecule has 11 heteroatoms. The van der Waals surface area contributed by atoms with Gasteiger partial charge < -0.3 is 40.9 Å².